The zero-order valence-corrected chi connectivity index (χ0v) is 17.8. The van der Waals surface area contributed by atoms with Gasteiger partial charge in [-0.1, -0.05) is 24.6 Å². The Hall–Kier alpha value is -3.00. The Morgan fingerprint density at radius 2 is 1.74 bits per heavy atom. The van der Waals surface area contributed by atoms with Gasteiger partial charge in [0.15, 0.2) is 0 Å². The van der Waals surface area contributed by atoms with Crippen molar-refractivity contribution < 1.29 is 14.0 Å². The number of pyridine rings is 1. The van der Waals surface area contributed by atoms with Gasteiger partial charge in [-0.15, -0.1) is 0 Å². The van der Waals surface area contributed by atoms with Gasteiger partial charge in [-0.05, 0) is 62.2 Å². The minimum atomic E-state index is -0.771. The zero-order chi connectivity index (χ0) is 22.2. The van der Waals surface area contributed by atoms with E-state index in [0.29, 0.717) is 5.82 Å². The fourth-order valence-electron chi connectivity index (χ4n) is 3.68. The number of aromatic nitrogens is 1. The van der Waals surface area contributed by atoms with Crippen LogP contribution >= 0.6 is 0 Å². The quantitative estimate of drug-likeness (QED) is 0.599. The van der Waals surface area contributed by atoms with Gasteiger partial charge in [-0.3, -0.25) is 14.5 Å². The fourth-order valence-corrected chi connectivity index (χ4v) is 3.68. The first-order valence-corrected chi connectivity index (χ1v) is 10.7. The van der Waals surface area contributed by atoms with Crippen LogP contribution in [0.5, 0.6) is 0 Å². The SMILES string of the molecule is C[C@@H](C(=O)N[C@@H](Cc1ccc(F)cc1)C(=O)NCc1ccc(N)nc1)N1CCCCC1. The van der Waals surface area contributed by atoms with Crippen LogP contribution in [0.25, 0.3) is 0 Å². The highest BCUT2D eigenvalue weighted by molar-refractivity contribution is 5.89. The van der Waals surface area contributed by atoms with Crippen LogP contribution in [0.1, 0.15) is 37.3 Å². The average molecular weight is 428 g/mol. The Bertz CT molecular complexity index is 867. The summed E-state index contributed by atoms with van der Waals surface area (Å²) in [4.78, 5) is 32.0. The van der Waals surface area contributed by atoms with E-state index in [4.69, 9.17) is 5.73 Å². The second-order valence-corrected chi connectivity index (χ2v) is 7.97. The molecular formula is C23H30FN5O2. The lowest BCUT2D eigenvalue weighted by molar-refractivity contribution is -0.132. The van der Waals surface area contributed by atoms with Crippen molar-refractivity contribution in [3.63, 3.8) is 0 Å². The lowest BCUT2D eigenvalue weighted by atomic mass is 10.0. The minimum Gasteiger partial charge on any atom is -0.384 e. The number of rotatable bonds is 8. The summed E-state index contributed by atoms with van der Waals surface area (Å²) in [6.07, 6.45) is 5.20. The van der Waals surface area contributed by atoms with Crippen LogP contribution in [0.15, 0.2) is 42.6 Å². The van der Waals surface area contributed by atoms with Crippen LogP contribution in [0.2, 0.25) is 0 Å². The van der Waals surface area contributed by atoms with Crippen molar-refractivity contribution in [3.05, 3.63) is 59.5 Å². The van der Waals surface area contributed by atoms with Crippen LogP contribution in [-0.4, -0.2) is 46.9 Å². The second kappa shape index (κ2) is 10.9. The van der Waals surface area contributed by atoms with E-state index in [0.717, 1.165) is 37.1 Å². The molecule has 0 bridgehead atoms. The smallest absolute Gasteiger partial charge is 0.243 e. The van der Waals surface area contributed by atoms with Gasteiger partial charge in [0.25, 0.3) is 0 Å². The van der Waals surface area contributed by atoms with E-state index < -0.39 is 6.04 Å². The number of benzene rings is 1. The molecule has 1 aliphatic rings. The maximum Gasteiger partial charge on any atom is 0.243 e. The maximum atomic E-state index is 13.3. The molecule has 4 N–H and O–H groups in total. The molecular weight excluding hydrogens is 397 g/mol. The summed E-state index contributed by atoms with van der Waals surface area (Å²) in [5.41, 5.74) is 7.16. The third-order valence-corrected chi connectivity index (χ3v) is 5.62. The predicted octanol–water partition coefficient (Wildman–Crippen LogP) is 2.02. The number of nitrogens with zero attached hydrogens (tertiary/aromatic N) is 2. The van der Waals surface area contributed by atoms with Gasteiger partial charge in [-0.2, -0.15) is 0 Å². The van der Waals surface area contributed by atoms with E-state index in [-0.39, 0.29) is 36.6 Å². The van der Waals surface area contributed by atoms with Gasteiger partial charge in [0.05, 0.1) is 6.04 Å². The number of carbonyl (C=O) groups excluding carboxylic acids is 2. The molecule has 2 aromatic rings. The number of likely N-dealkylation sites (tertiary alicyclic amines) is 1. The number of carbonyl (C=O) groups is 2. The van der Waals surface area contributed by atoms with E-state index in [1.54, 1.807) is 30.5 Å². The van der Waals surface area contributed by atoms with E-state index >= 15 is 0 Å². The van der Waals surface area contributed by atoms with Crippen molar-refractivity contribution in [2.24, 2.45) is 0 Å². The van der Waals surface area contributed by atoms with E-state index in [9.17, 15) is 14.0 Å². The molecule has 3 rings (SSSR count). The molecule has 2 amide bonds. The Labute approximate surface area is 182 Å². The summed E-state index contributed by atoms with van der Waals surface area (Å²) in [6.45, 7) is 3.90. The Balaban J connectivity index is 1.66. The van der Waals surface area contributed by atoms with Crippen LogP contribution < -0.4 is 16.4 Å². The molecule has 0 unspecified atom stereocenters. The molecule has 2 heterocycles. The lowest BCUT2D eigenvalue weighted by Gasteiger charge is -2.32. The van der Waals surface area contributed by atoms with E-state index in [2.05, 4.69) is 20.5 Å². The zero-order valence-electron chi connectivity index (χ0n) is 17.8. The maximum absolute atomic E-state index is 13.3. The largest absolute Gasteiger partial charge is 0.384 e. The molecule has 31 heavy (non-hydrogen) atoms. The van der Waals surface area contributed by atoms with Crippen molar-refractivity contribution in [2.75, 3.05) is 18.8 Å². The molecule has 0 radical (unpaired) electrons. The summed E-state index contributed by atoms with van der Waals surface area (Å²) < 4.78 is 13.3. The average Bonchev–Trinajstić information content (AvgIpc) is 2.79. The van der Waals surface area contributed by atoms with E-state index in [1.165, 1.54) is 18.6 Å². The molecule has 8 heteroatoms. The summed E-state index contributed by atoms with van der Waals surface area (Å²) in [5, 5.41) is 5.75. The molecule has 1 aromatic heterocycles. The lowest BCUT2D eigenvalue weighted by Crippen LogP contribution is -2.54. The molecule has 0 spiro atoms. The van der Waals surface area contributed by atoms with Crippen molar-refractivity contribution in [1.82, 2.24) is 20.5 Å². The highest BCUT2D eigenvalue weighted by Crippen LogP contribution is 2.13. The number of anilines is 1. The standard InChI is InChI=1S/C23H30FN5O2/c1-16(29-11-3-2-4-12-29)22(30)28-20(13-17-5-8-19(24)9-6-17)23(31)27-15-18-7-10-21(25)26-14-18/h5-10,14,16,20H,2-4,11-13,15H2,1H3,(H2,25,26)(H,27,31)(H,28,30)/t16-,20-/m0/s1. The third-order valence-electron chi connectivity index (χ3n) is 5.62. The third kappa shape index (κ3) is 6.75. The molecule has 0 aliphatic carbocycles. The van der Waals surface area contributed by atoms with Crippen LogP contribution in [0.3, 0.4) is 0 Å². The second-order valence-electron chi connectivity index (χ2n) is 7.97. The molecule has 2 atom stereocenters. The van der Waals surface area contributed by atoms with Gasteiger partial charge in [0.2, 0.25) is 11.8 Å². The first-order chi connectivity index (χ1) is 14.9. The molecule has 0 saturated carbocycles. The number of nitrogens with one attached hydrogen (secondary N) is 2. The van der Waals surface area contributed by atoms with Crippen LogP contribution in [-0.2, 0) is 22.6 Å². The van der Waals surface area contributed by atoms with Crippen molar-refractivity contribution in [2.45, 2.75) is 51.2 Å². The molecule has 1 aromatic carbocycles. The molecule has 1 aliphatic heterocycles. The molecule has 166 valence electrons. The number of hydrogen-bond acceptors (Lipinski definition) is 5. The van der Waals surface area contributed by atoms with Gasteiger partial charge >= 0.3 is 0 Å². The normalized spacial score (nSPS) is 16.3. The van der Waals surface area contributed by atoms with Gasteiger partial charge < -0.3 is 16.4 Å². The highest BCUT2D eigenvalue weighted by Gasteiger charge is 2.27. The highest BCUT2D eigenvalue weighted by atomic mass is 19.1. The molecule has 1 saturated heterocycles. The Morgan fingerprint density at radius 3 is 2.39 bits per heavy atom. The number of nitrogen functional groups attached to an aromatic ring is 1. The number of nitrogens with two attached hydrogens (primary N) is 1. The molecule has 1 fully saturated rings. The van der Waals surface area contributed by atoms with Gasteiger partial charge in [0.1, 0.15) is 17.7 Å². The summed E-state index contributed by atoms with van der Waals surface area (Å²) >= 11 is 0. The van der Waals surface area contributed by atoms with Crippen LogP contribution in [0, 0.1) is 5.82 Å². The number of hydrogen-bond donors (Lipinski definition) is 3. The van der Waals surface area contributed by atoms with Crippen molar-refractivity contribution in [1.29, 1.82) is 0 Å². The number of amides is 2. The van der Waals surface area contributed by atoms with Crippen LogP contribution in [0.4, 0.5) is 10.2 Å². The number of piperidine rings is 1. The van der Waals surface area contributed by atoms with Gasteiger partial charge in [-0.25, -0.2) is 9.37 Å². The van der Waals surface area contributed by atoms with Crippen molar-refractivity contribution in [3.8, 4) is 0 Å². The Kier molecular flexibility index (Phi) is 7.94. The summed E-state index contributed by atoms with van der Waals surface area (Å²) in [5.74, 6) is -0.426. The Morgan fingerprint density at radius 1 is 1.06 bits per heavy atom. The van der Waals surface area contributed by atoms with Gasteiger partial charge in [0, 0.05) is 19.2 Å². The molecule has 7 nitrogen and oxygen atoms in total. The summed E-state index contributed by atoms with van der Waals surface area (Å²) in [7, 11) is 0. The first kappa shape index (κ1) is 22.7. The van der Waals surface area contributed by atoms with Crippen molar-refractivity contribution >= 4 is 17.6 Å². The van der Waals surface area contributed by atoms with E-state index in [1.807, 2.05) is 6.92 Å². The predicted molar refractivity (Wildman–Crippen MR) is 117 cm³/mol. The fraction of sp³-hybridized carbons (Fsp3) is 0.435. The number of halogens is 1. The monoisotopic (exact) mass is 427 g/mol. The first-order valence-electron chi connectivity index (χ1n) is 10.7. The topological polar surface area (TPSA) is 100 Å². The minimum absolute atomic E-state index is 0.182. The summed E-state index contributed by atoms with van der Waals surface area (Å²) in [6, 6.07) is 8.32.